The normalized spacial score (nSPS) is 13.3. The minimum atomic E-state index is -0.190. The first kappa shape index (κ1) is 14.0. The predicted octanol–water partition coefficient (Wildman–Crippen LogP) is 0.435. The van der Waals surface area contributed by atoms with Crippen LogP contribution in [0.5, 0.6) is 0 Å². The molecule has 1 atom stereocenters. The Kier molecular flexibility index (Phi) is 4.67. The number of hydrogen-bond acceptors (Lipinski definition) is 5. The van der Waals surface area contributed by atoms with Gasteiger partial charge in [0.1, 0.15) is 12.2 Å². The average molecular weight is 274 g/mol. The van der Waals surface area contributed by atoms with Crippen LogP contribution in [0.25, 0.3) is 0 Å². The lowest BCUT2D eigenvalue weighted by molar-refractivity contribution is 0.315. The van der Waals surface area contributed by atoms with E-state index < -0.39 is 0 Å². The number of aryl methyl sites for hydroxylation is 1. The molecule has 1 unspecified atom stereocenters. The number of amidine groups is 1. The lowest BCUT2D eigenvalue weighted by Crippen LogP contribution is -2.31. The monoisotopic (exact) mass is 274 g/mol. The fraction of sp³-hybridized carbons (Fsp3) is 0.308. The molecule has 0 aliphatic heterocycles. The smallest absolute Gasteiger partial charge is 0.164 e. The van der Waals surface area contributed by atoms with Gasteiger partial charge in [-0.2, -0.15) is 5.10 Å². The molecule has 1 heterocycles. The van der Waals surface area contributed by atoms with E-state index in [1.54, 1.807) is 11.0 Å². The molecule has 106 valence electrons. The molecule has 2 rings (SSSR count). The molecule has 0 fully saturated rings. The van der Waals surface area contributed by atoms with Gasteiger partial charge < -0.3 is 16.3 Å². The van der Waals surface area contributed by atoms with Gasteiger partial charge in [0.15, 0.2) is 5.82 Å². The third-order valence-corrected chi connectivity index (χ3v) is 2.95. The van der Waals surface area contributed by atoms with Crippen molar-refractivity contribution in [3.63, 3.8) is 0 Å². The molecule has 7 heteroatoms. The van der Waals surface area contributed by atoms with E-state index in [1.807, 2.05) is 37.4 Å². The van der Waals surface area contributed by atoms with Crippen molar-refractivity contribution in [2.45, 2.75) is 12.5 Å². The van der Waals surface area contributed by atoms with Gasteiger partial charge in [-0.15, -0.1) is 0 Å². The minimum Gasteiger partial charge on any atom is -0.409 e. The Hall–Kier alpha value is -2.41. The van der Waals surface area contributed by atoms with Crippen molar-refractivity contribution in [3.8, 4) is 0 Å². The number of nitrogens with one attached hydrogen (secondary N) is 1. The van der Waals surface area contributed by atoms with Crippen LogP contribution in [0.15, 0.2) is 41.8 Å². The van der Waals surface area contributed by atoms with Crippen LogP contribution in [0.3, 0.4) is 0 Å². The molecule has 7 nitrogen and oxygen atoms in total. The number of benzene rings is 1. The summed E-state index contributed by atoms with van der Waals surface area (Å²) in [6.07, 6.45) is 1.65. The number of oxime groups is 1. The number of rotatable bonds is 6. The molecular formula is C13H18N6O. The van der Waals surface area contributed by atoms with Crippen molar-refractivity contribution in [2.24, 2.45) is 17.9 Å². The molecule has 20 heavy (non-hydrogen) atoms. The predicted molar refractivity (Wildman–Crippen MR) is 75.3 cm³/mol. The largest absolute Gasteiger partial charge is 0.409 e. The van der Waals surface area contributed by atoms with Gasteiger partial charge in [0.25, 0.3) is 0 Å². The number of hydrogen-bond donors (Lipinski definition) is 3. The minimum absolute atomic E-state index is 0.178. The van der Waals surface area contributed by atoms with Crippen LogP contribution in [0, 0.1) is 0 Å². The molecule has 0 aliphatic rings. The first-order valence-electron chi connectivity index (χ1n) is 6.28. The summed E-state index contributed by atoms with van der Waals surface area (Å²) in [7, 11) is 1.82. The van der Waals surface area contributed by atoms with Crippen LogP contribution in [0.1, 0.15) is 17.3 Å². The first-order valence-corrected chi connectivity index (χ1v) is 6.28. The molecule has 0 amide bonds. The van der Waals surface area contributed by atoms with Gasteiger partial charge in [-0.05, 0) is 5.56 Å². The van der Waals surface area contributed by atoms with E-state index in [-0.39, 0.29) is 11.8 Å². The molecule has 0 spiro atoms. The van der Waals surface area contributed by atoms with Gasteiger partial charge in [-0.1, -0.05) is 35.5 Å². The quantitative estimate of drug-likeness (QED) is 0.307. The Bertz CT molecular complexity index is 565. The molecule has 0 saturated carbocycles. The highest BCUT2D eigenvalue weighted by molar-refractivity contribution is 5.87. The second-order valence-electron chi connectivity index (χ2n) is 4.45. The van der Waals surface area contributed by atoms with E-state index in [2.05, 4.69) is 20.6 Å². The van der Waals surface area contributed by atoms with Gasteiger partial charge in [-0.3, -0.25) is 4.68 Å². The Labute approximate surface area is 117 Å². The van der Waals surface area contributed by atoms with Crippen molar-refractivity contribution in [3.05, 3.63) is 48.0 Å². The molecular weight excluding hydrogens is 256 g/mol. The van der Waals surface area contributed by atoms with E-state index in [9.17, 15) is 0 Å². The van der Waals surface area contributed by atoms with Gasteiger partial charge in [0, 0.05) is 13.6 Å². The summed E-state index contributed by atoms with van der Waals surface area (Å²) in [6, 6.07) is 9.67. The van der Waals surface area contributed by atoms with E-state index in [0.717, 1.165) is 5.56 Å². The maximum atomic E-state index is 8.89. The lowest BCUT2D eigenvalue weighted by Gasteiger charge is -2.16. The second-order valence-corrected chi connectivity index (χ2v) is 4.45. The Balaban J connectivity index is 1.98. The van der Waals surface area contributed by atoms with Crippen LogP contribution in [0.4, 0.5) is 0 Å². The molecule has 0 bridgehead atoms. The summed E-state index contributed by atoms with van der Waals surface area (Å²) >= 11 is 0. The van der Waals surface area contributed by atoms with E-state index in [0.29, 0.717) is 18.9 Å². The Morgan fingerprint density at radius 1 is 1.45 bits per heavy atom. The highest BCUT2D eigenvalue weighted by Crippen LogP contribution is 2.14. The van der Waals surface area contributed by atoms with Crippen molar-refractivity contribution >= 4 is 5.84 Å². The van der Waals surface area contributed by atoms with E-state index >= 15 is 0 Å². The first-order chi connectivity index (χ1) is 9.70. The molecule has 1 aromatic carbocycles. The Morgan fingerprint density at radius 2 is 2.20 bits per heavy atom. The summed E-state index contributed by atoms with van der Waals surface area (Å²) in [5.41, 5.74) is 6.75. The molecule has 1 aromatic heterocycles. The number of nitrogens with two attached hydrogens (primary N) is 1. The van der Waals surface area contributed by atoms with Crippen LogP contribution >= 0.6 is 0 Å². The van der Waals surface area contributed by atoms with Crippen molar-refractivity contribution in [1.82, 2.24) is 20.1 Å². The third-order valence-electron chi connectivity index (χ3n) is 2.95. The average Bonchev–Trinajstić information content (AvgIpc) is 2.89. The SMILES string of the molecule is Cn1cnc(CNCC(/C(N)=N/O)c2ccccc2)n1. The highest BCUT2D eigenvalue weighted by Gasteiger charge is 2.16. The number of aromatic nitrogens is 3. The zero-order valence-corrected chi connectivity index (χ0v) is 11.3. The Morgan fingerprint density at radius 3 is 2.80 bits per heavy atom. The summed E-state index contributed by atoms with van der Waals surface area (Å²) in [4.78, 5) is 4.13. The van der Waals surface area contributed by atoms with Crippen LogP contribution < -0.4 is 11.1 Å². The lowest BCUT2D eigenvalue weighted by atomic mass is 9.98. The third kappa shape index (κ3) is 3.55. The van der Waals surface area contributed by atoms with Crippen LogP contribution in [-0.4, -0.2) is 32.4 Å². The van der Waals surface area contributed by atoms with Gasteiger partial charge in [0.05, 0.1) is 12.5 Å². The van der Waals surface area contributed by atoms with Crippen molar-refractivity contribution in [1.29, 1.82) is 0 Å². The summed E-state index contributed by atoms with van der Waals surface area (Å²) in [5, 5.41) is 19.4. The maximum absolute atomic E-state index is 8.89. The molecule has 0 radical (unpaired) electrons. The van der Waals surface area contributed by atoms with Gasteiger partial charge >= 0.3 is 0 Å². The fourth-order valence-electron chi connectivity index (χ4n) is 1.94. The molecule has 0 saturated heterocycles. The van der Waals surface area contributed by atoms with E-state index in [1.165, 1.54) is 0 Å². The zero-order chi connectivity index (χ0) is 14.4. The zero-order valence-electron chi connectivity index (χ0n) is 11.3. The topological polar surface area (TPSA) is 101 Å². The molecule has 0 aliphatic carbocycles. The maximum Gasteiger partial charge on any atom is 0.164 e. The second kappa shape index (κ2) is 6.67. The summed E-state index contributed by atoms with van der Waals surface area (Å²) < 4.78 is 1.65. The van der Waals surface area contributed by atoms with Crippen molar-refractivity contribution in [2.75, 3.05) is 6.54 Å². The summed E-state index contributed by atoms with van der Waals surface area (Å²) in [5.74, 6) is 0.696. The number of nitrogens with zero attached hydrogens (tertiary/aromatic N) is 4. The highest BCUT2D eigenvalue weighted by atomic mass is 16.4. The summed E-state index contributed by atoms with van der Waals surface area (Å²) in [6.45, 7) is 1.07. The van der Waals surface area contributed by atoms with Crippen LogP contribution in [0.2, 0.25) is 0 Å². The van der Waals surface area contributed by atoms with Gasteiger partial charge in [0.2, 0.25) is 0 Å². The fourth-order valence-corrected chi connectivity index (χ4v) is 1.94. The molecule has 4 N–H and O–H groups in total. The van der Waals surface area contributed by atoms with Crippen LogP contribution in [-0.2, 0) is 13.6 Å². The van der Waals surface area contributed by atoms with Gasteiger partial charge in [-0.25, -0.2) is 4.98 Å². The van der Waals surface area contributed by atoms with E-state index in [4.69, 9.17) is 10.9 Å². The molecule has 2 aromatic rings. The van der Waals surface area contributed by atoms with Crippen molar-refractivity contribution < 1.29 is 5.21 Å². The standard InChI is InChI=1S/C13H18N6O/c1-19-9-16-12(17-19)8-15-7-11(13(14)18-20)10-5-3-2-4-6-10/h2-6,9,11,15,20H,7-8H2,1H3,(H2,14,18).